The molecule has 4 nitrogen and oxygen atoms in total. The normalized spacial score (nSPS) is 17.2. The molecule has 2 aliphatic rings. The number of ketones is 1. The molecule has 2 aromatic carbocycles. The van der Waals surface area contributed by atoms with Crippen molar-refractivity contribution >= 4 is 21.5 Å². The van der Waals surface area contributed by atoms with Crippen LogP contribution in [0.15, 0.2) is 41.3 Å². The number of hydrogen-bond acceptors (Lipinski definition) is 3. The van der Waals surface area contributed by atoms with E-state index in [0.29, 0.717) is 0 Å². The van der Waals surface area contributed by atoms with E-state index < -0.39 is 15.8 Å². The second-order valence-corrected chi connectivity index (χ2v) is 8.41. The van der Waals surface area contributed by atoms with Gasteiger partial charge in [0.25, 0.3) is 10.0 Å². The number of aryl methyl sites for hydroxylation is 2. The SMILES string of the molecule is O=C1CCN(S(=O)(=O)c2ccc3c(c2)CCCC3)c2ccc(F)cc21. The van der Waals surface area contributed by atoms with Crippen LogP contribution in [-0.4, -0.2) is 20.7 Å². The third-order valence-electron chi connectivity index (χ3n) is 4.98. The van der Waals surface area contributed by atoms with E-state index in [0.717, 1.165) is 37.3 Å². The summed E-state index contributed by atoms with van der Waals surface area (Å²) in [5, 5.41) is 0. The lowest BCUT2D eigenvalue weighted by Gasteiger charge is -2.30. The summed E-state index contributed by atoms with van der Waals surface area (Å²) in [5.74, 6) is -0.772. The van der Waals surface area contributed by atoms with Gasteiger partial charge in [-0.1, -0.05) is 6.07 Å². The Bertz CT molecular complexity index is 969. The van der Waals surface area contributed by atoms with Crippen LogP contribution in [0.5, 0.6) is 0 Å². The molecular weight excluding hydrogens is 341 g/mol. The van der Waals surface area contributed by atoms with Crippen LogP contribution in [0, 0.1) is 5.82 Å². The van der Waals surface area contributed by atoms with Crippen molar-refractivity contribution < 1.29 is 17.6 Å². The Labute approximate surface area is 146 Å². The van der Waals surface area contributed by atoms with E-state index in [9.17, 15) is 17.6 Å². The zero-order chi connectivity index (χ0) is 17.6. The molecule has 1 aliphatic heterocycles. The Balaban J connectivity index is 1.79. The van der Waals surface area contributed by atoms with Crippen LogP contribution in [0.3, 0.4) is 0 Å². The summed E-state index contributed by atoms with van der Waals surface area (Å²) in [6.45, 7) is 0.0802. The fourth-order valence-electron chi connectivity index (χ4n) is 3.65. The molecular formula is C19H18FNO3S. The minimum Gasteiger partial charge on any atom is -0.294 e. The zero-order valence-corrected chi connectivity index (χ0v) is 14.5. The Kier molecular flexibility index (Phi) is 3.87. The zero-order valence-electron chi connectivity index (χ0n) is 13.7. The monoisotopic (exact) mass is 359 g/mol. The number of carbonyl (C=O) groups is 1. The van der Waals surface area contributed by atoms with Gasteiger partial charge in [0.15, 0.2) is 5.78 Å². The lowest BCUT2D eigenvalue weighted by molar-refractivity contribution is 0.0981. The fraction of sp³-hybridized carbons (Fsp3) is 0.316. The standard InChI is InChI=1S/C19H18FNO3S/c20-15-6-8-18-17(12-15)19(22)9-10-21(18)25(23,24)16-7-5-13-3-1-2-4-14(13)11-16/h5-8,11-12H,1-4,9-10H2. The van der Waals surface area contributed by atoms with Crippen LogP contribution in [0.4, 0.5) is 10.1 Å². The maximum atomic E-state index is 13.5. The van der Waals surface area contributed by atoms with Crippen molar-refractivity contribution in [2.45, 2.75) is 37.0 Å². The lowest BCUT2D eigenvalue weighted by Crippen LogP contribution is -2.37. The van der Waals surface area contributed by atoms with Gasteiger partial charge in [-0.2, -0.15) is 0 Å². The number of hydrogen-bond donors (Lipinski definition) is 0. The smallest absolute Gasteiger partial charge is 0.264 e. The maximum absolute atomic E-state index is 13.5. The number of halogens is 1. The number of sulfonamides is 1. The fourth-order valence-corrected chi connectivity index (χ4v) is 5.19. The summed E-state index contributed by atoms with van der Waals surface area (Å²) in [6, 6.07) is 8.96. The van der Waals surface area contributed by atoms with Crippen LogP contribution < -0.4 is 4.31 Å². The van der Waals surface area contributed by atoms with Crippen LogP contribution >= 0.6 is 0 Å². The Hall–Kier alpha value is -2.21. The summed E-state index contributed by atoms with van der Waals surface area (Å²) >= 11 is 0. The number of nitrogens with zero attached hydrogens (tertiary/aromatic N) is 1. The topological polar surface area (TPSA) is 54.5 Å². The second-order valence-electron chi connectivity index (χ2n) is 6.55. The van der Waals surface area contributed by atoms with Gasteiger partial charge in [-0.3, -0.25) is 9.10 Å². The van der Waals surface area contributed by atoms with Gasteiger partial charge in [0.1, 0.15) is 5.82 Å². The first-order valence-electron chi connectivity index (χ1n) is 8.44. The molecule has 0 aromatic heterocycles. The van der Waals surface area contributed by atoms with E-state index in [1.165, 1.54) is 22.0 Å². The summed E-state index contributed by atoms with van der Waals surface area (Å²) in [7, 11) is -3.79. The van der Waals surface area contributed by atoms with Crippen molar-refractivity contribution in [2.24, 2.45) is 0 Å². The van der Waals surface area contributed by atoms with Crippen molar-refractivity contribution in [1.82, 2.24) is 0 Å². The predicted molar refractivity (Wildman–Crippen MR) is 93.0 cm³/mol. The molecule has 0 atom stereocenters. The molecule has 0 radical (unpaired) electrons. The van der Waals surface area contributed by atoms with Crippen LogP contribution in [-0.2, 0) is 22.9 Å². The number of Topliss-reactive ketones (excluding diaryl/α,β-unsaturated/α-hetero) is 1. The minimum atomic E-state index is -3.79. The molecule has 0 bridgehead atoms. The molecule has 0 saturated carbocycles. The van der Waals surface area contributed by atoms with Gasteiger partial charge in [0.2, 0.25) is 0 Å². The molecule has 1 aliphatic carbocycles. The van der Waals surface area contributed by atoms with Crippen molar-refractivity contribution in [1.29, 1.82) is 0 Å². The van der Waals surface area contributed by atoms with E-state index >= 15 is 0 Å². The van der Waals surface area contributed by atoms with E-state index in [4.69, 9.17) is 0 Å². The molecule has 0 N–H and O–H groups in total. The van der Waals surface area contributed by atoms with Crippen molar-refractivity contribution in [3.8, 4) is 0 Å². The summed E-state index contributed by atoms with van der Waals surface area (Å²) in [5.41, 5.74) is 2.68. The molecule has 130 valence electrons. The number of benzene rings is 2. The third kappa shape index (κ3) is 2.74. The summed E-state index contributed by atoms with van der Waals surface area (Å²) in [4.78, 5) is 12.3. The highest BCUT2D eigenvalue weighted by Crippen LogP contribution is 2.33. The molecule has 0 amide bonds. The number of fused-ring (bicyclic) bond motifs is 2. The van der Waals surface area contributed by atoms with E-state index in [1.54, 1.807) is 12.1 Å². The van der Waals surface area contributed by atoms with Crippen molar-refractivity contribution in [3.63, 3.8) is 0 Å². The average molecular weight is 359 g/mol. The Morgan fingerprint density at radius 2 is 1.68 bits per heavy atom. The summed E-state index contributed by atoms with van der Waals surface area (Å²) < 4.78 is 41.0. The van der Waals surface area contributed by atoms with Gasteiger partial charge >= 0.3 is 0 Å². The van der Waals surface area contributed by atoms with Crippen molar-refractivity contribution in [2.75, 3.05) is 10.8 Å². The van der Waals surface area contributed by atoms with Gasteiger partial charge in [-0.25, -0.2) is 12.8 Å². The number of carbonyl (C=O) groups excluding carboxylic acids is 1. The Morgan fingerprint density at radius 3 is 2.48 bits per heavy atom. The molecule has 1 heterocycles. The van der Waals surface area contributed by atoms with Crippen LogP contribution in [0.2, 0.25) is 0 Å². The largest absolute Gasteiger partial charge is 0.294 e. The van der Waals surface area contributed by atoms with Gasteiger partial charge in [-0.05, 0) is 67.1 Å². The number of rotatable bonds is 2. The molecule has 0 spiro atoms. The van der Waals surface area contributed by atoms with Crippen LogP contribution in [0.25, 0.3) is 0 Å². The average Bonchev–Trinajstić information content (AvgIpc) is 2.62. The quantitative estimate of drug-likeness (QED) is 0.825. The summed E-state index contributed by atoms with van der Waals surface area (Å²) in [6.07, 6.45) is 4.12. The molecule has 0 unspecified atom stereocenters. The first-order valence-corrected chi connectivity index (χ1v) is 9.88. The minimum absolute atomic E-state index is 0.0562. The molecule has 0 saturated heterocycles. The first kappa shape index (κ1) is 16.3. The molecule has 2 aromatic rings. The second kappa shape index (κ2) is 5.95. The highest BCUT2D eigenvalue weighted by Gasteiger charge is 2.33. The van der Waals surface area contributed by atoms with E-state index in [1.807, 2.05) is 6.07 Å². The third-order valence-corrected chi connectivity index (χ3v) is 6.79. The lowest BCUT2D eigenvalue weighted by atomic mass is 9.92. The van der Waals surface area contributed by atoms with E-state index in [2.05, 4.69) is 0 Å². The van der Waals surface area contributed by atoms with Crippen LogP contribution in [0.1, 0.15) is 40.7 Å². The van der Waals surface area contributed by atoms with Gasteiger partial charge in [0, 0.05) is 18.5 Å². The highest BCUT2D eigenvalue weighted by atomic mass is 32.2. The number of anilines is 1. The highest BCUT2D eigenvalue weighted by molar-refractivity contribution is 7.92. The Morgan fingerprint density at radius 1 is 0.920 bits per heavy atom. The van der Waals surface area contributed by atoms with Gasteiger partial charge in [-0.15, -0.1) is 0 Å². The van der Waals surface area contributed by atoms with Gasteiger partial charge < -0.3 is 0 Å². The molecule has 25 heavy (non-hydrogen) atoms. The molecule has 4 rings (SSSR count). The van der Waals surface area contributed by atoms with Crippen molar-refractivity contribution in [3.05, 3.63) is 58.9 Å². The van der Waals surface area contributed by atoms with Gasteiger partial charge in [0.05, 0.1) is 10.6 Å². The first-order chi connectivity index (χ1) is 12.0. The maximum Gasteiger partial charge on any atom is 0.264 e. The predicted octanol–water partition coefficient (Wildman–Crippen LogP) is 3.49. The van der Waals surface area contributed by atoms with E-state index in [-0.39, 0.29) is 34.9 Å². The molecule has 0 fully saturated rings. The molecule has 6 heteroatoms.